The van der Waals surface area contributed by atoms with E-state index in [0.29, 0.717) is 11.8 Å². The van der Waals surface area contributed by atoms with Crippen molar-refractivity contribution in [1.82, 2.24) is 0 Å². The number of hydrogen-bond donors (Lipinski definition) is 0. The number of allylic oxidation sites excluding steroid dienone is 4. The number of unbranched alkanes of at least 4 members (excludes halogenated alkanes) is 1. The van der Waals surface area contributed by atoms with Crippen LogP contribution < -0.4 is 0 Å². The van der Waals surface area contributed by atoms with E-state index in [1.165, 1.54) is 25.7 Å². The zero-order valence-corrected chi connectivity index (χ0v) is 15.7. The third-order valence-corrected chi connectivity index (χ3v) is 5.61. The number of carbonyl (C=O) groups is 1. The van der Waals surface area contributed by atoms with Crippen LogP contribution in [0.15, 0.2) is 24.3 Å². The summed E-state index contributed by atoms with van der Waals surface area (Å²) in [6.45, 7) is 4.39. The maximum atomic E-state index is 12.4. The quantitative estimate of drug-likeness (QED) is 0.409. The fraction of sp³-hybridized carbons (Fsp3) is 0.773. The largest absolute Gasteiger partial charge is 0.462 e. The summed E-state index contributed by atoms with van der Waals surface area (Å²) in [4.78, 5) is 12.4. The molecule has 0 amide bonds. The maximum absolute atomic E-state index is 12.4. The van der Waals surface area contributed by atoms with Gasteiger partial charge in [-0.3, -0.25) is 4.79 Å². The van der Waals surface area contributed by atoms with E-state index in [1.54, 1.807) is 0 Å². The van der Waals surface area contributed by atoms with E-state index in [9.17, 15) is 4.79 Å². The topological polar surface area (TPSA) is 26.3 Å². The minimum atomic E-state index is 0.0820. The summed E-state index contributed by atoms with van der Waals surface area (Å²) in [5.74, 6) is 1.61. The second-order valence-corrected chi connectivity index (χ2v) is 7.64. The lowest BCUT2D eigenvalue weighted by Gasteiger charge is -2.30. The Kier molecular flexibility index (Phi) is 8.63. The average molecular weight is 333 g/mol. The van der Waals surface area contributed by atoms with Crippen molar-refractivity contribution in [2.45, 2.75) is 90.6 Å². The molecule has 0 N–H and O–H groups in total. The Bertz CT molecular complexity index is 408. The molecule has 0 radical (unpaired) electrons. The van der Waals surface area contributed by atoms with Gasteiger partial charge in [0.15, 0.2) is 0 Å². The minimum absolute atomic E-state index is 0.0820. The SMILES string of the molecule is CCC=C[C@H]1CC[C@H](OC(=O)[C@H]2CC[C@H](C=CCCC)CC2)CC1. The highest BCUT2D eigenvalue weighted by molar-refractivity contribution is 5.72. The molecule has 0 aromatic heterocycles. The maximum Gasteiger partial charge on any atom is 0.309 e. The minimum Gasteiger partial charge on any atom is -0.462 e. The Morgan fingerprint density at radius 3 is 2.04 bits per heavy atom. The van der Waals surface area contributed by atoms with Crippen LogP contribution in [0.3, 0.4) is 0 Å². The van der Waals surface area contributed by atoms with Crippen LogP contribution in [0.25, 0.3) is 0 Å². The fourth-order valence-electron chi connectivity index (χ4n) is 3.99. The second-order valence-electron chi connectivity index (χ2n) is 7.64. The van der Waals surface area contributed by atoms with Crippen LogP contribution in [-0.4, -0.2) is 12.1 Å². The number of rotatable bonds is 7. The van der Waals surface area contributed by atoms with Crippen molar-refractivity contribution >= 4 is 5.97 Å². The van der Waals surface area contributed by atoms with E-state index in [2.05, 4.69) is 38.2 Å². The Labute approximate surface area is 148 Å². The first-order chi connectivity index (χ1) is 11.7. The monoisotopic (exact) mass is 332 g/mol. The molecule has 2 fully saturated rings. The molecule has 0 unspecified atom stereocenters. The van der Waals surface area contributed by atoms with Gasteiger partial charge in [-0.25, -0.2) is 0 Å². The van der Waals surface area contributed by atoms with Gasteiger partial charge in [-0.2, -0.15) is 0 Å². The van der Waals surface area contributed by atoms with Crippen molar-refractivity contribution in [3.8, 4) is 0 Å². The summed E-state index contributed by atoms with van der Waals surface area (Å²) in [5, 5.41) is 0. The van der Waals surface area contributed by atoms with Crippen LogP contribution in [-0.2, 0) is 9.53 Å². The summed E-state index contributed by atoms with van der Waals surface area (Å²) in [6, 6.07) is 0. The van der Waals surface area contributed by atoms with Crippen LogP contribution in [0.1, 0.15) is 84.5 Å². The number of hydrogen-bond acceptors (Lipinski definition) is 2. The van der Waals surface area contributed by atoms with Crippen LogP contribution >= 0.6 is 0 Å². The van der Waals surface area contributed by atoms with Gasteiger partial charge in [0.2, 0.25) is 0 Å². The van der Waals surface area contributed by atoms with E-state index in [1.807, 2.05) is 0 Å². The van der Waals surface area contributed by atoms with Crippen LogP contribution in [0.2, 0.25) is 0 Å². The Balaban J connectivity index is 1.66. The molecule has 0 bridgehead atoms. The first kappa shape index (κ1) is 19.3. The number of esters is 1. The molecule has 0 saturated heterocycles. The van der Waals surface area contributed by atoms with E-state index in [-0.39, 0.29) is 18.0 Å². The molecule has 2 heteroatoms. The highest BCUT2D eigenvalue weighted by Crippen LogP contribution is 2.33. The van der Waals surface area contributed by atoms with Gasteiger partial charge < -0.3 is 4.74 Å². The second kappa shape index (κ2) is 10.7. The zero-order valence-electron chi connectivity index (χ0n) is 15.7. The molecule has 0 aliphatic heterocycles. The standard InChI is InChI=1S/C22H36O2/c1-3-5-7-9-19-10-14-20(15-11-19)22(23)24-21-16-12-18(13-17-21)8-6-4-2/h6-9,18-21H,3-5,10-17H2,1-2H3/t18-,19-,20-,21-. The van der Waals surface area contributed by atoms with Gasteiger partial charge in [0.05, 0.1) is 5.92 Å². The van der Waals surface area contributed by atoms with Gasteiger partial charge in [0.25, 0.3) is 0 Å². The highest BCUT2D eigenvalue weighted by Gasteiger charge is 2.29. The molecule has 2 nitrogen and oxygen atoms in total. The summed E-state index contributed by atoms with van der Waals surface area (Å²) >= 11 is 0. The van der Waals surface area contributed by atoms with Gasteiger partial charge in [-0.1, -0.05) is 44.6 Å². The Hall–Kier alpha value is -1.05. The normalized spacial score (nSPS) is 31.6. The number of carbonyl (C=O) groups excluding carboxylic acids is 1. The van der Waals surface area contributed by atoms with Crippen molar-refractivity contribution < 1.29 is 9.53 Å². The third-order valence-electron chi connectivity index (χ3n) is 5.61. The molecule has 0 aromatic rings. The van der Waals surface area contributed by atoms with Gasteiger partial charge in [0.1, 0.15) is 6.10 Å². The fourth-order valence-corrected chi connectivity index (χ4v) is 3.99. The third kappa shape index (κ3) is 6.45. The molecule has 2 rings (SSSR count). The molecular formula is C22H36O2. The highest BCUT2D eigenvalue weighted by atomic mass is 16.5. The lowest BCUT2D eigenvalue weighted by Crippen LogP contribution is -2.29. The van der Waals surface area contributed by atoms with Crippen molar-refractivity contribution in [3.05, 3.63) is 24.3 Å². The van der Waals surface area contributed by atoms with E-state index < -0.39 is 0 Å². The summed E-state index contributed by atoms with van der Waals surface area (Å²) in [6.07, 6.45) is 21.7. The van der Waals surface area contributed by atoms with E-state index in [4.69, 9.17) is 4.74 Å². The smallest absolute Gasteiger partial charge is 0.309 e. The molecule has 2 aliphatic rings. The Morgan fingerprint density at radius 2 is 1.46 bits per heavy atom. The average Bonchev–Trinajstić information content (AvgIpc) is 2.62. The van der Waals surface area contributed by atoms with E-state index in [0.717, 1.165) is 44.9 Å². The molecule has 0 aromatic carbocycles. The van der Waals surface area contributed by atoms with Crippen LogP contribution in [0.4, 0.5) is 0 Å². The molecule has 2 saturated carbocycles. The summed E-state index contributed by atoms with van der Waals surface area (Å²) in [7, 11) is 0. The van der Waals surface area contributed by atoms with Gasteiger partial charge in [-0.15, -0.1) is 0 Å². The molecular weight excluding hydrogens is 296 g/mol. The van der Waals surface area contributed by atoms with Gasteiger partial charge in [-0.05, 0) is 76.0 Å². The predicted molar refractivity (Wildman–Crippen MR) is 101 cm³/mol. The Morgan fingerprint density at radius 1 is 0.875 bits per heavy atom. The van der Waals surface area contributed by atoms with Crippen LogP contribution in [0.5, 0.6) is 0 Å². The van der Waals surface area contributed by atoms with E-state index >= 15 is 0 Å². The predicted octanol–water partition coefficient (Wildman–Crippen LogP) is 6.22. The first-order valence-electron chi connectivity index (χ1n) is 10.3. The van der Waals surface area contributed by atoms with Crippen molar-refractivity contribution in [1.29, 1.82) is 0 Å². The zero-order chi connectivity index (χ0) is 17.2. The number of ether oxygens (including phenoxy) is 1. The van der Waals surface area contributed by atoms with Gasteiger partial charge >= 0.3 is 5.97 Å². The van der Waals surface area contributed by atoms with Gasteiger partial charge in [0, 0.05) is 0 Å². The molecule has 0 atom stereocenters. The molecule has 2 aliphatic carbocycles. The van der Waals surface area contributed by atoms with Crippen LogP contribution in [0, 0.1) is 17.8 Å². The summed E-state index contributed by atoms with van der Waals surface area (Å²) < 4.78 is 5.84. The molecule has 136 valence electrons. The van der Waals surface area contributed by atoms with Crippen molar-refractivity contribution in [2.24, 2.45) is 17.8 Å². The lowest BCUT2D eigenvalue weighted by atomic mass is 9.81. The summed E-state index contributed by atoms with van der Waals surface area (Å²) in [5.41, 5.74) is 0. The molecule has 0 spiro atoms. The van der Waals surface area contributed by atoms with Crippen molar-refractivity contribution in [2.75, 3.05) is 0 Å². The first-order valence-corrected chi connectivity index (χ1v) is 10.3. The molecule has 24 heavy (non-hydrogen) atoms. The molecule has 0 heterocycles. The van der Waals surface area contributed by atoms with Crippen molar-refractivity contribution in [3.63, 3.8) is 0 Å². The lowest BCUT2D eigenvalue weighted by molar-refractivity contribution is -0.157.